The first-order chi connectivity index (χ1) is 14.6. The highest BCUT2D eigenvalue weighted by Gasteiger charge is 2.30. The molecule has 0 bridgehead atoms. The van der Waals surface area contributed by atoms with Crippen LogP contribution in [0.15, 0.2) is 47.0 Å². The van der Waals surface area contributed by atoms with E-state index in [1.807, 2.05) is 31.2 Å². The van der Waals surface area contributed by atoms with Gasteiger partial charge in [0.15, 0.2) is 11.6 Å². The number of aromatic nitrogens is 2. The van der Waals surface area contributed by atoms with Crippen LogP contribution in [-0.4, -0.2) is 36.8 Å². The van der Waals surface area contributed by atoms with Crippen molar-refractivity contribution in [2.24, 2.45) is 0 Å². The van der Waals surface area contributed by atoms with Crippen molar-refractivity contribution in [2.75, 3.05) is 10.6 Å². The highest BCUT2D eigenvalue weighted by atomic mass is 32.2. The topological polar surface area (TPSA) is 105 Å². The van der Waals surface area contributed by atoms with E-state index in [0.717, 1.165) is 29.5 Å². The van der Waals surface area contributed by atoms with Crippen LogP contribution in [0.4, 0.5) is 14.5 Å². The standard InChI is InChI=1S/C20H20F2N4O4S/c1-12-4-6-14(7-5-12)19-24-18(30-25-19)11-23-20(27)13(2)26(31(3,28)29)15-8-9-16(21)17(22)10-15/h4-10,13H,11H2,1-3H3,(H,23,27)/t13-/m1/s1. The fraction of sp³-hybridized carbons (Fsp3) is 0.250. The molecule has 0 aliphatic heterocycles. The quantitative estimate of drug-likeness (QED) is 0.594. The summed E-state index contributed by atoms with van der Waals surface area (Å²) in [5.41, 5.74) is 1.63. The number of anilines is 1. The monoisotopic (exact) mass is 450 g/mol. The molecule has 3 rings (SSSR count). The molecule has 1 heterocycles. The molecule has 0 radical (unpaired) electrons. The summed E-state index contributed by atoms with van der Waals surface area (Å²) in [5.74, 6) is -2.58. The molecule has 2 aromatic carbocycles. The molecule has 0 spiro atoms. The Bertz CT molecular complexity index is 1200. The van der Waals surface area contributed by atoms with Crippen molar-refractivity contribution in [2.45, 2.75) is 26.4 Å². The van der Waals surface area contributed by atoms with Gasteiger partial charge in [0.25, 0.3) is 0 Å². The SMILES string of the molecule is Cc1ccc(-c2noc(CNC(=O)[C@@H](C)N(c3ccc(F)c(F)c3)S(C)(=O)=O)n2)cc1. The average Bonchev–Trinajstić information content (AvgIpc) is 3.17. The molecule has 11 heteroatoms. The Morgan fingerprint density at radius 3 is 2.45 bits per heavy atom. The predicted molar refractivity (Wildman–Crippen MR) is 109 cm³/mol. The summed E-state index contributed by atoms with van der Waals surface area (Å²) in [6.45, 7) is 3.13. The number of sulfonamides is 1. The van der Waals surface area contributed by atoms with Gasteiger partial charge in [0, 0.05) is 11.6 Å². The molecular weight excluding hydrogens is 430 g/mol. The van der Waals surface area contributed by atoms with E-state index in [-0.39, 0.29) is 18.1 Å². The first-order valence-electron chi connectivity index (χ1n) is 9.18. The van der Waals surface area contributed by atoms with Gasteiger partial charge in [-0.25, -0.2) is 17.2 Å². The lowest BCUT2D eigenvalue weighted by Crippen LogP contribution is -2.47. The van der Waals surface area contributed by atoms with Gasteiger partial charge in [0.1, 0.15) is 6.04 Å². The van der Waals surface area contributed by atoms with Gasteiger partial charge in [-0.2, -0.15) is 4.98 Å². The Labute approximate surface area is 177 Å². The number of halogens is 2. The third-order valence-corrected chi connectivity index (χ3v) is 5.68. The van der Waals surface area contributed by atoms with Crippen LogP contribution in [0.2, 0.25) is 0 Å². The lowest BCUT2D eigenvalue weighted by Gasteiger charge is -2.28. The van der Waals surface area contributed by atoms with E-state index >= 15 is 0 Å². The molecular formula is C20H20F2N4O4S. The molecule has 0 aliphatic carbocycles. The summed E-state index contributed by atoms with van der Waals surface area (Å²) >= 11 is 0. The maximum Gasteiger partial charge on any atom is 0.246 e. The number of nitrogens with zero attached hydrogens (tertiary/aromatic N) is 3. The van der Waals surface area contributed by atoms with Gasteiger partial charge in [-0.3, -0.25) is 9.10 Å². The minimum Gasteiger partial charge on any atom is -0.345 e. The maximum atomic E-state index is 13.6. The molecule has 0 unspecified atom stereocenters. The lowest BCUT2D eigenvalue weighted by molar-refractivity contribution is -0.122. The highest BCUT2D eigenvalue weighted by molar-refractivity contribution is 7.92. The minimum absolute atomic E-state index is 0.120. The zero-order valence-corrected chi connectivity index (χ0v) is 17.8. The Hall–Kier alpha value is -3.34. The predicted octanol–water partition coefficient (Wildman–Crippen LogP) is 2.79. The Kier molecular flexibility index (Phi) is 6.34. The van der Waals surface area contributed by atoms with E-state index in [2.05, 4.69) is 15.5 Å². The molecule has 0 fully saturated rings. The summed E-state index contributed by atoms with van der Waals surface area (Å²) in [4.78, 5) is 16.8. The molecule has 0 saturated carbocycles. The van der Waals surface area contributed by atoms with Crippen molar-refractivity contribution < 1.29 is 26.5 Å². The number of aryl methyl sites for hydroxylation is 1. The molecule has 1 aromatic heterocycles. The van der Waals surface area contributed by atoms with Crippen molar-refractivity contribution in [1.29, 1.82) is 0 Å². The number of hydrogen-bond donors (Lipinski definition) is 1. The van der Waals surface area contributed by atoms with E-state index in [9.17, 15) is 22.0 Å². The van der Waals surface area contributed by atoms with Gasteiger partial charge in [-0.05, 0) is 26.0 Å². The third-order valence-electron chi connectivity index (χ3n) is 4.44. The third kappa shape index (κ3) is 5.23. The van der Waals surface area contributed by atoms with E-state index in [1.165, 1.54) is 6.92 Å². The smallest absolute Gasteiger partial charge is 0.246 e. The fourth-order valence-electron chi connectivity index (χ4n) is 2.89. The summed E-state index contributed by atoms with van der Waals surface area (Å²) < 4.78 is 57.1. The number of benzene rings is 2. The van der Waals surface area contributed by atoms with E-state index in [1.54, 1.807) is 0 Å². The van der Waals surface area contributed by atoms with Crippen molar-refractivity contribution in [3.63, 3.8) is 0 Å². The number of rotatable bonds is 7. The molecule has 0 aliphatic rings. The highest BCUT2D eigenvalue weighted by Crippen LogP contribution is 2.23. The van der Waals surface area contributed by atoms with Crippen molar-refractivity contribution in [1.82, 2.24) is 15.5 Å². The molecule has 8 nitrogen and oxygen atoms in total. The van der Waals surface area contributed by atoms with E-state index in [4.69, 9.17) is 4.52 Å². The summed E-state index contributed by atoms with van der Waals surface area (Å²) in [6.07, 6.45) is 0.865. The van der Waals surface area contributed by atoms with Gasteiger partial charge in [-0.1, -0.05) is 35.0 Å². The molecule has 31 heavy (non-hydrogen) atoms. The van der Waals surface area contributed by atoms with Gasteiger partial charge in [0.2, 0.25) is 27.6 Å². The van der Waals surface area contributed by atoms with Crippen LogP contribution in [-0.2, 0) is 21.4 Å². The second kappa shape index (κ2) is 8.80. The summed E-state index contributed by atoms with van der Waals surface area (Å²) in [7, 11) is -3.98. The number of hydrogen-bond acceptors (Lipinski definition) is 6. The van der Waals surface area contributed by atoms with Gasteiger partial charge in [0.05, 0.1) is 18.5 Å². The van der Waals surface area contributed by atoms with Crippen LogP contribution >= 0.6 is 0 Å². The molecule has 3 aromatic rings. The summed E-state index contributed by atoms with van der Waals surface area (Å²) in [5, 5.41) is 6.37. The molecule has 1 N–H and O–H groups in total. The number of amides is 1. The van der Waals surface area contributed by atoms with Crippen LogP contribution in [0.3, 0.4) is 0 Å². The summed E-state index contributed by atoms with van der Waals surface area (Å²) in [6, 6.07) is 8.78. The Morgan fingerprint density at radius 1 is 1.16 bits per heavy atom. The zero-order valence-electron chi connectivity index (χ0n) is 17.0. The first kappa shape index (κ1) is 22.3. The molecule has 0 saturated heterocycles. The Balaban J connectivity index is 1.72. The Morgan fingerprint density at radius 2 is 1.84 bits per heavy atom. The normalized spacial score (nSPS) is 12.4. The number of carbonyl (C=O) groups excluding carboxylic acids is 1. The van der Waals surface area contributed by atoms with E-state index < -0.39 is 33.6 Å². The van der Waals surface area contributed by atoms with Gasteiger partial charge >= 0.3 is 0 Å². The maximum absolute atomic E-state index is 13.6. The molecule has 1 amide bonds. The second-order valence-corrected chi connectivity index (χ2v) is 8.79. The van der Waals surface area contributed by atoms with Crippen molar-refractivity contribution >= 4 is 21.6 Å². The molecule has 164 valence electrons. The minimum atomic E-state index is -3.98. The fourth-order valence-corrected chi connectivity index (χ4v) is 4.05. The van der Waals surface area contributed by atoms with Crippen molar-refractivity contribution in [3.05, 3.63) is 65.6 Å². The van der Waals surface area contributed by atoms with Crippen LogP contribution in [0, 0.1) is 18.6 Å². The van der Waals surface area contributed by atoms with Crippen LogP contribution in [0.1, 0.15) is 18.4 Å². The zero-order chi connectivity index (χ0) is 22.8. The average molecular weight is 450 g/mol. The van der Waals surface area contributed by atoms with Gasteiger partial charge < -0.3 is 9.84 Å². The van der Waals surface area contributed by atoms with Crippen molar-refractivity contribution in [3.8, 4) is 11.4 Å². The van der Waals surface area contributed by atoms with E-state index in [0.29, 0.717) is 16.2 Å². The molecule has 1 atom stereocenters. The van der Waals surface area contributed by atoms with Crippen LogP contribution in [0.25, 0.3) is 11.4 Å². The number of nitrogens with one attached hydrogen (secondary N) is 1. The largest absolute Gasteiger partial charge is 0.345 e. The first-order valence-corrected chi connectivity index (χ1v) is 11.0. The number of carbonyl (C=O) groups is 1. The van der Waals surface area contributed by atoms with Gasteiger partial charge in [-0.15, -0.1) is 0 Å². The van der Waals surface area contributed by atoms with Crippen LogP contribution < -0.4 is 9.62 Å². The van der Waals surface area contributed by atoms with Crippen LogP contribution in [0.5, 0.6) is 0 Å². The second-order valence-electron chi connectivity index (χ2n) is 6.93. The lowest BCUT2D eigenvalue weighted by atomic mass is 10.1.